The molecule has 1 aliphatic carbocycles. The topological polar surface area (TPSA) is 46.5 Å². The summed E-state index contributed by atoms with van der Waals surface area (Å²) < 4.78 is 5.74. The zero-order chi connectivity index (χ0) is 14.7. The number of aromatic hydroxyl groups is 1. The van der Waals surface area contributed by atoms with Gasteiger partial charge in [-0.15, -0.1) is 0 Å². The molecule has 0 heterocycles. The van der Waals surface area contributed by atoms with Crippen molar-refractivity contribution in [1.29, 1.82) is 0 Å². The third-order valence-electron chi connectivity index (χ3n) is 4.32. The highest BCUT2D eigenvalue weighted by Gasteiger charge is 2.33. The average molecular weight is 276 g/mol. The number of phenols is 1. The van der Waals surface area contributed by atoms with Gasteiger partial charge in [0.1, 0.15) is 11.9 Å². The second-order valence-corrected chi connectivity index (χ2v) is 6.32. The van der Waals surface area contributed by atoms with Crippen LogP contribution in [-0.2, 0) is 4.74 Å². The Labute approximate surface area is 121 Å². The van der Waals surface area contributed by atoms with Crippen molar-refractivity contribution < 1.29 is 14.6 Å². The summed E-state index contributed by atoms with van der Waals surface area (Å²) in [4.78, 5) is 12.2. The molecule has 0 radical (unpaired) electrons. The molecular formula is C17H24O3. The third-order valence-corrected chi connectivity index (χ3v) is 4.32. The molecule has 1 aromatic carbocycles. The van der Waals surface area contributed by atoms with Crippen LogP contribution in [0.5, 0.6) is 5.75 Å². The lowest BCUT2D eigenvalue weighted by atomic mass is 9.75. The van der Waals surface area contributed by atoms with Crippen LogP contribution in [0.3, 0.4) is 0 Å². The Balaban J connectivity index is 2.05. The molecule has 0 amide bonds. The van der Waals surface area contributed by atoms with Crippen LogP contribution < -0.4 is 0 Å². The van der Waals surface area contributed by atoms with Crippen LogP contribution in [0.1, 0.15) is 50.4 Å². The van der Waals surface area contributed by atoms with Gasteiger partial charge in [-0.25, -0.2) is 4.79 Å². The van der Waals surface area contributed by atoms with Gasteiger partial charge in [0.25, 0.3) is 0 Å². The number of rotatable bonds is 3. The molecule has 110 valence electrons. The molecule has 1 aromatic rings. The van der Waals surface area contributed by atoms with Gasteiger partial charge in [-0.3, -0.25) is 0 Å². The van der Waals surface area contributed by atoms with Crippen molar-refractivity contribution in [2.24, 2.45) is 17.8 Å². The van der Waals surface area contributed by atoms with Gasteiger partial charge in [-0.05, 0) is 54.9 Å². The summed E-state index contributed by atoms with van der Waals surface area (Å²) in [5.41, 5.74) is 0.503. The maximum atomic E-state index is 12.2. The van der Waals surface area contributed by atoms with Crippen LogP contribution in [0.4, 0.5) is 0 Å². The van der Waals surface area contributed by atoms with Gasteiger partial charge in [0, 0.05) is 0 Å². The van der Waals surface area contributed by atoms with Crippen molar-refractivity contribution in [3.05, 3.63) is 29.8 Å². The number of hydrogen-bond donors (Lipinski definition) is 1. The highest BCUT2D eigenvalue weighted by Crippen LogP contribution is 2.35. The number of carbonyl (C=O) groups is 1. The highest BCUT2D eigenvalue weighted by atomic mass is 16.5. The normalized spacial score (nSPS) is 26.5. The Bertz CT molecular complexity index is 450. The summed E-state index contributed by atoms with van der Waals surface area (Å²) in [7, 11) is 0. The number of ether oxygens (including phenoxy) is 1. The predicted octanol–water partition coefficient (Wildman–Crippen LogP) is 4.01. The molecule has 3 heteroatoms. The molecule has 3 nitrogen and oxygen atoms in total. The Kier molecular flexibility index (Phi) is 4.69. The SMILES string of the molecule is CC(C)[C@H]1CC[C@H](C)CC1OC(=O)c1ccc(O)cc1. The summed E-state index contributed by atoms with van der Waals surface area (Å²) in [5.74, 6) is 1.47. The van der Waals surface area contributed by atoms with E-state index in [1.54, 1.807) is 12.1 Å². The molecule has 1 N–H and O–H groups in total. The molecule has 3 atom stereocenters. The predicted molar refractivity (Wildman–Crippen MR) is 78.7 cm³/mol. The van der Waals surface area contributed by atoms with Crippen molar-refractivity contribution >= 4 is 5.97 Å². The second kappa shape index (κ2) is 6.29. The summed E-state index contributed by atoms with van der Waals surface area (Å²) in [6.07, 6.45) is 3.31. The number of esters is 1. The molecule has 1 fully saturated rings. The largest absolute Gasteiger partial charge is 0.508 e. The van der Waals surface area contributed by atoms with Gasteiger partial charge in [-0.2, -0.15) is 0 Å². The smallest absolute Gasteiger partial charge is 0.338 e. The van der Waals surface area contributed by atoms with Gasteiger partial charge in [0.05, 0.1) is 5.56 Å². The van der Waals surface area contributed by atoms with E-state index in [-0.39, 0.29) is 17.8 Å². The molecule has 0 saturated heterocycles. The quantitative estimate of drug-likeness (QED) is 0.848. The monoisotopic (exact) mass is 276 g/mol. The van der Waals surface area contributed by atoms with Crippen molar-refractivity contribution in [1.82, 2.24) is 0 Å². The minimum Gasteiger partial charge on any atom is -0.508 e. The Morgan fingerprint density at radius 1 is 1.25 bits per heavy atom. The van der Waals surface area contributed by atoms with Crippen LogP contribution in [-0.4, -0.2) is 17.2 Å². The number of carbonyl (C=O) groups excluding carboxylic acids is 1. The van der Waals surface area contributed by atoms with Gasteiger partial charge in [-0.1, -0.05) is 27.2 Å². The average Bonchev–Trinajstić information content (AvgIpc) is 2.39. The minimum absolute atomic E-state index is 0.0139. The molecule has 0 aliphatic heterocycles. The molecule has 1 saturated carbocycles. The van der Waals surface area contributed by atoms with Crippen LogP contribution in [0, 0.1) is 17.8 Å². The summed E-state index contributed by atoms with van der Waals surface area (Å²) in [6, 6.07) is 6.24. The molecule has 20 heavy (non-hydrogen) atoms. The van der Waals surface area contributed by atoms with Gasteiger partial charge < -0.3 is 9.84 Å². The van der Waals surface area contributed by atoms with Crippen molar-refractivity contribution in [2.45, 2.75) is 46.1 Å². The standard InChI is InChI=1S/C17H24O3/c1-11(2)15-9-4-12(3)10-16(15)20-17(19)13-5-7-14(18)8-6-13/h5-8,11-12,15-16,18H,4,9-10H2,1-3H3/t12-,15+,16?/m0/s1. The van der Waals surface area contributed by atoms with Crippen molar-refractivity contribution in [3.63, 3.8) is 0 Å². The number of phenolic OH excluding ortho intramolecular Hbond substituents is 1. The fourth-order valence-corrected chi connectivity index (χ4v) is 3.05. The lowest BCUT2D eigenvalue weighted by Gasteiger charge is -2.36. The van der Waals surface area contributed by atoms with Crippen LogP contribution >= 0.6 is 0 Å². The molecule has 0 aromatic heterocycles. The van der Waals surface area contributed by atoms with Gasteiger partial charge in [0.2, 0.25) is 0 Å². The molecule has 2 rings (SSSR count). The Hall–Kier alpha value is -1.51. The van der Waals surface area contributed by atoms with E-state index in [4.69, 9.17) is 4.74 Å². The third kappa shape index (κ3) is 3.53. The van der Waals surface area contributed by atoms with Crippen LogP contribution in [0.15, 0.2) is 24.3 Å². The fraction of sp³-hybridized carbons (Fsp3) is 0.588. The van der Waals surface area contributed by atoms with Crippen molar-refractivity contribution in [2.75, 3.05) is 0 Å². The first-order valence-electron chi connectivity index (χ1n) is 7.47. The number of hydrogen-bond acceptors (Lipinski definition) is 3. The highest BCUT2D eigenvalue weighted by molar-refractivity contribution is 5.89. The zero-order valence-electron chi connectivity index (χ0n) is 12.5. The minimum atomic E-state index is -0.283. The fourth-order valence-electron chi connectivity index (χ4n) is 3.05. The van der Waals surface area contributed by atoms with Gasteiger partial charge in [0.15, 0.2) is 0 Å². The first-order valence-corrected chi connectivity index (χ1v) is 7.47. The lowest BCUT2D eigenvalue weighted by Crippen LogP contribution is -2.35. The number of benzene rings is 1. The molecular weight excluding hydrogens is 252 g/mol. The molecule has 1 aliphatic rings. The first-order chi connectivity index (χ1) is 9.47. The lowest BCUT2D eigenvalue weighted by molar-refractivity contribution is -0.0174. The first kappa shape index (κ1) is 14.9. The second-order valence-electron chi connectivity index (χ2n) is 6.32. The van der Waals surface area contributed by atoms with E-state index < -0.39 is 0 Å². The van der Waals surface area contributed by atoms with E-state index in [1.807, 2.05) is 0 Å². The van der Waals surface area contributed by atoms with E-state index >= 15 is 0 Å². The van der Waals surface area contributed by atoms with E-state index in [9.17, 15) is 9.90 Å². The molecule has 1 unspecified atom stereocenters. The van der Waals surface area contributed by atoms with E-state index in [1.165, 1.54) is 18.6 Å². The van der Waals surface area contributed by atoms with E-state index in [2.05, 4.69) is 20.8 Å². The Morgan fingerprint density at radius 3 is 2.50 bits per heavy atom. The van der Waals surface area contributed by atoms with Crippen LogP contribution in [0.2, 0.25) is 0 Å². The zero-order valence-corrected chi connectivity index (χ0v) is 12.5. The molecule has 0 bridgehead atoms. The van der Waals surface area contributed by atoms with Gasteiger partial charge >= 0.3 is 5.97 Å². The maximum Gasteiger partial charge on any atom is 0.338 e. The van der Waals surface area contributed by atoms with Crippen molar-refractivity contribution in [3.8, 4) is 5.75 Å². The maximum absolute atomic E-state index is 12.2. The summed E-state index contributed by atoms with van der Waals surface area (Å²) >= 11 is 0. The summed E-state index contributed by atoms with van der Waals surface area (Å²) in [6.45, 7) is 6.61. The van der Waals surface area contributed by atoms with Crippen LogP contribution in [0.25, 0.3) is 0 Å². The molecule has 0 spiro atoms. The van der Waals surface area contributed by atoms with E-state index in [0.29, 0.717) is 23.3 Å². The van der Waals surface area contributed by atoms with E-state index in [0.717, 1.165) is 12.8 Å². The Morgan fingerprint density at radius 2 is 1.90 bits per heavy atom. The summed E-state index contributed by atoms with van der Waals surface area (Å²) in [5, 5.41) is 9.26.